The van der Waals surface area contributed by atoms with Crippen LogP contribution in [0.2, 0.25) is 0 Å². The third kappa shape index (κ3) is 4.51. The van der Waals surface area contributed by atoms with Gasteiger partial charge in [0.2, 0.25) is 10.0 Å². The quantitative estimate of drug-likeness (QED) is 0.781. The van der Waals surface area contributed by atoms with Gasteiger partial charge in [-0.05, 0) is 24.3 Å². The number of sulfonamides is 1. The molecule has 1 atom stereocenters. The summed E-state index contributed by atoms with van der Waals surface area (Å²) in [6.07, 6.45) is 3.13. The fourth-order valence-corrected chi connectivity index (χ4v) is 4.23. The summed E-state index contributed by atoms with van der Waals surface area (Å²) in [7, 11) is -2.31. The van der Waals surface area contributed by atoms with Crippen molar-refractivity contribution in [3.63, 3.8) is 0 Å². The molecule has 1 N–H and O–H groups in total. The largest absolute Gasteiger partial charge is 0.392 e. The number of nitrogens with zero attached hydrogens (tertiary/aromatic N) is 1. The van der Waals surface area contributed by atoms with Crippen LogP contribution in [0.1, 0.15) is 31.2 Å². The summed E-state index contributed by atoms with van der Waals surface area (Å²) in [4.78, 5) is 5.02. The van der Waals surface area contributed by atoms with E-state index in [2.05, 4.69) is 0 Å². The van der Waals surface area contributed by atoms with Gasteiger partial charge in [0.25, 0.3) is 0 Å². The summed E-state index contributed by atoms with van der Waals surface area (Å²) < 4.78 is 25.7. The van der Waals surface area contributed by atoms with Crippen molar-refractivity contribution >= 4 is 10.0 Å². The van der Waals surface area contributed by atoms with Crippen LogP contribution in [0.15, 0.2) is 30.3 Å². The van der Waals surface area contributed by atoms with E-state index in [9.17, 15) is 13.5 Å². The topological polar surface area (TPSA) is 66.8 Å². The van der Waals surface area contributed by atoms with Crippen LogP contribution >= 0.6 is 0 Å². The van der Waals surface area contributed by atoms with Gasteiger partial charge in [-0.3, -0.25) is 4.84 Å². The van der Waals surface area contributed by atoms with Crippen LogP contribution in [-0.4, -0.2) is 37.0 Å². The van der Waals surface area contributed by atoms with Crippen LogP contribution in [0.5, 0.6) is 0 Å². The summed E-state index contributed by atoms with van der Waals surface area (Å²) >= 11 is 0. The average Bonchev–Trinajstić information content (AvgIpc) is 2.99. The maximum atomic E-state index is 12.4. The van der Waals surface area contributed by atoms with Crippen molar-refractivity contribution in [2.75, 3.05) is 12.9 Å². The highest BCUT2D eigenvalue weighted by atomic mass is 32.2. The number of aliphatic hydroxyl groups excluding tert-OH is 1. The van der Waals surface area contributed by atoms with Crippen molar-refractivity contribution in [2.24, 2.45) is 5.92 Å². The van der Waals surface area contributed by atoms with Crippen LogP contribution < -0.4 is 0 Å². The van der Waals surface area contributed by atoms with E-state index in [1.807, 2.05) is 30.3 Å². The predicted octanol–water partition coefficient (Wildman–Crippen LogP) is 1.93. The second-order valence-corrected chi connectivity index (χ2v) is 7.42. The van der Waals surface area contributed by atoms with Crippen molar-refractivity contribution in [1.29, 1.82) is 0 Å². The Kier molecular flexibility index (Phi) is 5.75. The molecule has 0 aromatic heterocycles. The first-order valence-corrected chi connectivity index (χ1v) is 8.90. The molecule has 0 saturated heterocycles. The lowest BCUT2D eigenvalue weighted by Gasteiger charge is -2.23. The summed E-state index contributed by atoms with van der Waals surface area (Å²) in [5.74, 6) is -0.187. The molecule has 1 aromatic carbocycles. The number of hydroxylamine groups is 1. The average molecular weight is 313 g/mol. The highest BCUT2D eigenvalue weighted by Gasteiger charge is 2.31. The van der Waals surface area contributed by atoms with E-state index in [0.717, 1.165) is 35.7 Å². The van der Waals surface area contributed by atoms with Gasteiger partial charge in [-0.1, -0.05) is 47.6 Å². The second kappa shape index (κ2) is 7.35. The summed E-state index contributed by atoms with van der Waals surface area (Å²) in [5, 5.41) is 10.1. The zero-order chi connectivity index (χ0) is 15.3. The van der Waals surface area contributed by atoms with E-state index in [-0.39, 0.29) is 18.2 Å². The number of aliphatic hydroxyl groups is 1. The molecule has 0 amide bonds. The minimum absolute atomic E-state index is 0.0928. The van der Waals surface area contributed by atoms with E-state index in [4.69, 9.17) is 4.84 Å². The highest BCUT2D eigenvalue weighted by Crippen LogP contribution is 2.28. The maximum Gasteiger partial charge on any atom is 0.238 e. The molecule has 1 saturated carbocycles. The SMILES string of the molecule is CON(Cc1ccccc1)S(=O)(=O)C[C@@H](O)C1CCCC1. The minimum atomic E-state index is -3.65. The molecule has 6 heteroatoms. The number of benzene rings is 1. The first-order valence-electron chi connectivity index (χ1n) is 7.29. The zero-order valence-electron chi connectivity index (χ0n) is 12.3. The third-order valence-corrected chi connectivity index (χ3v) is 5.66. The molecule has 0 radical (unpaired) electrons. The van der Waals surface area contributed by atoms with Crippen LogP contribution in [0.4, 0.5) is 0 Å². The molecular weight excluding hydrogens is 290 g/mol. The Morgan fingerprint density at radius 2 is 1.90 bits per heavy atom. The van der Waals surface area contributed by atoms with Gasteiger partial charge in [0.15, 0.2) is 0 Å². The van der Waals surface area contributed by atoms with Crippen molar-refractivity contribution in [3.8, 4) is 0 Å². The Bertz CT molecular complexity index is 526. The van der Waals surface area contributed by atoms with Gasteiger partial charge < -0.3 is 5.11 Å². The van der Waals surface area contributed by atoms with E-state index in [1.165, 1.54) is 7.11 Å². The summed E-state index contributed by atoms with van der Waals surface area (Å²) in [6, 6.07) is 9.26. The zero-order valence-corrected chi connectivity index (χ0v) is 13.1. The van der Waals surface area contributed by atoms with E-state index >= 15 is 0 Å². The molecule has 5 nitrogen and oxygen atoms in total. The van der Waals surface area contributed by atoms with Gasteiger partial charge in [-0.15, -0.1) is 0 Å². The van der Waals surface area contributed by atoms with Gasteiger partial charge in [0.05, 0.1) is 25.5 Å². The van der Waals surface area contributed by atoms with Crippen LogP contribution in [0.3, 0.4) is 0 Å². The fraction of sp³-hybridized carbons (Fsp3) is 0.600. The van der Waals surface area contributed by atoms with Gasteiger partial charge in [0.1, 0.15) is 0 Å². The molecule has 1 fully saturated rings. The normalized spacial score (nSPS) is 18.2. The lowest BCUT2D eigenvalue weighted by Crippen LogP contribution is -2.37. The number of rotatable bonds is 7. The lowest BCUT2D eigenvalue weighted by molar-refractivity contribution is -0.0567. The highest BCUT2D eigenvalue weighted by molar-refractivity contribution is 7.88. The van der Waals surface area contributed by atoms with Gasteiger partial charge >= 0.3 is 0 Å². The Morgan fingerprint density at radius 1 is 1.29 bits per heavy atom. The van der Waals surface area contributed by atoms with Crippen LogP contribution in [-0.2, 0) is 21.4 Å². The Morgan fingerprint density at radius 3 is 2.48 bits per heavy atom. The Balaban J connectivity index is 2.01. The van der Waals surface area contributed by atoms with Crippen molar-refractivity contribution in [1.82, 2.24) is 4.47 Å². The Hall–Kier alpha value is -0.950. The first-order chi connectivity index (χ1) is 10.0. The maximum absolute atomic E-state index is 12.4. The van der Waals surface area contributed by atoms with Crippen LogP contribution in [0.25, 0.3) is 0 Å². The van der Waals surface area contributed by atoms with E-state index < -0.39 is 16.1 Å². The molecule has 0 bridgehead atoms. The summed E-state index contributed by atoms with van der Waals surface area (Å²) in [5.41, 5.74) is 0.846. The molecule has 0 spiro atoms. The Labute approximate surface area is 126 Å². The van der Waals surface area contributed by atoms with Gasteiger partial charge in [-0.2, -0.15) is 0 Å². The minimum Gasteiger partial charge on any atom is -0.392 e. The molecule has 118 valence electrons. The van der Waals surface area contributed by atoms with Gasteiger partial charge in [-0.25, -0.2) is 8.42 Å². The molecule has 0 heterocycles. The molecule has 1 aliphatic carbocycles. The monoisotopic (exact) mass is 313 g/mol. The molecule has 0 unspecified atom stereocenters. The predicted molar refractivity (Wildman–Crippen MR) is 80.7 cm³/mol. The number of hydrogen-bond acceptors (Lipinski definition) is 4. The molecular formula is C15H23NO4S. The molecule has 21 heavy (non-hydrogen) atoms. The van der Waals surface area contributed by atoms with Crippen molar-refractivity contribution in [3.05, 3.63) is 35.9 Å². The fourth-order valence-electron chi connectivity index (χ4n) is 2.79. The molecule has 2 rings (SSSR count). The summed E-state index contributed by atoms with van der Waals surface area (Å²) in [6.45, 7) is 0.150. The standard InChI is InChI=1S/C15H23NO4S/c1-20-16(11-13-7-3-2-4-8-13)21(18,19)12-15(17)14-9-5-6-10-14/h2-4,7-8,14-15,17H,5-6,9-12H2,1H3/t15-/m1/s1. The van der Waals surface area contributed by atoms with E-state index in [1.54, 1.807) is 0 Å². The molecule has 1 aromatic rings. The van der Waals surface area contributed by atoms with Crippen molar-refractivity contribution < 1.29 is 18.4 Å². The second-order valence-electron chi connectivity index (χ2n) is 5.52. The van der Waals surface area contributed by atoms with E-state index in [0.29, 0.717) is 0 Å². The molecule has 0 aliphatic heterocycles. The third-order valence-electron chi connectivity index (χ3n) is 3.99. The first kappa shape index (κ1) is 16.4. The number of hydrogen-bond donors (Lipinski definition) is 1. The van der Waals surface area contributed by atoms with Crippen molar-refractivity contribution in [2.45, 2.75) is 38.3 Å². The van der Waals surface area contributed by atoms with Gasteiger partial charge in [0, 0.05) is 0 Å². The smallest absolute Gasteiger partial charge is 0.238 e. The molecule has 1 aliphatic rings. The lowest BCUT2D eigenvalue weighted by atomic mass is 10.0. The van der Waals surface area contributed by atoms with Crippen LogP contribution in [0, 0.1) is 5.92 Å².